The number of sulfonamides is 1. The van der Waals surface area contributed by atoms with Crippen LogP contribution in [0.2, 0.25) is 5.02 Å². The molecule has 1 atom stereocenters. The van der Waals surface area contributed by atoms with E-state index < -0.39 is 15.9 Å². The van der Waals surface area contributed by atoms with Gasteiger partial charge in [-0.3, -0.25) is 4.79 Å². The van der Waals surface area contributed by atoms with E-state index in [-0.39, 0.29) is 28.1 Å². The third-order valence-electron chi connectivity index (χ3n) is 6.10. The fraction of sp³-hybridized carbons (Fsp3) is 0.458. The fourth-order valence-electron chi connectivity index (χ4n) is 4.22. The molecule has 0 aliphatic carbocycles. The highest BCUT2D eigenvalue weighted by Crippen LogP contribution is 2.25. The zero-order valence-corrected chi connectivity index (χ0v) is 20.1. The summed E-state index contributed by atoms with van der Waals surface area (Å²) in [7, 11) is -3.88. The van der Waals surface area contributed by atoms with Crippen LogP contribution in [0.15, 0.2) is 47.4 Å². The largest absolute Gasteiger partial charge is 0.377 e. The molecule has 2 aromatic rings. The minimum atomic E-state index is -3.88. The van der Waals surface area contributed by atoms with Gasteiger partial charge in [0, 0.05) is 43.2 Å². The molecule has 9 heteroatoms. The number of hydrogen-bond donors (Lipinski definition) is 2. The van der Waals surface area contributed by atoms with Crippen LogP contribution in [0.3, 0.4) is 0 Å². The average Bonchev–Trinajstić information content (AvgIpc) is 3.19. The average molecular weight is 492 g/mol. The number of carbonyl (C=O) groups is 1. The Kier molecular flexibility index (Phi) is 7.90. The van der Waals surface area contributed by atoms with Crippen molar-refractivity contribution in [2.45, 2.75) is 49.5 Å². The van der Waals surface area contributed by atoms with Crippen molar-refractivity contribution >= 4 is 38.9 Å². The van der Waals surface area contributed by atoms with Gasteiger partial charge in [-0.2, -0.15) is 0 Å². The molecule has 2 fully saturated rings. The lowest BCUT2D eigenvalue weighted by Gasteiger charge is -2.22. The van der Waals surface area contributed by atoms with Crippen LogP contribution in [0.4, 0.5) is 11.4 Å². The maximum Gasteiger partial charge on any atom is 0.255 e. The van der Waals surface area contributed by atoms with Crippen molar-refractivity contribution in [3.8, 4) is 0 Å². The summed E-state index contributed by atoms with van der Waals surface area (Å²) in [6, 6.07) is 12.0. The van der Waals surface area contributed by atoms with E-state index in [1.165, 1.54) is 43.9 Å². The van der Waals surface area contributed by atoms with Gasteiger partial charge in [0.15, 0.2) is 0 Å². The third-order valence-corrected chi connectivity index (χ3v) is 8.01. The maximum atomic E-state index is 12.8. The van der Waals surface area contributed by atoms with Gasteiger partial charge in [-0.1, -0.05) is 24.4 Å². The van der Waals surface area contributed by atoms with Crippen LogP contribution in [0.5, 0.6) is 0 Å². The van der Waals surface area contributed by atoms with E-state index in [1.807, 2.05) is 24.3 Å². The highest BCUT2D eigenvalue weighted by molar-refractivity contribution is 7.89. The second-order valence-corrected chi connectivity index (χ2v) is 10.7. The molecule has 1 amide bonds. The van der Waals surface area contributed by atoms with Crippen LogP contribution in [-0.4, -0.2) is 46.7 Å². The van der Waals surface area contributed by atoms with E-state index in [0.29, 0.717) is 12.3 Å². The molecular weight excluding hydrogens is 462 g/mol. The van der Waals surface area contributed by atoms with E-state index >= 15 is 0 Å². The molecule has 0 saturated carbocycles. The number of nitrogens with zero attached hydrogens (tertiary/aromatic N) is 1. The van der Waals surface area contributed by atoms with Gasteiger partial charge in [0.05, 0.1) is 11.1 Å². The van der Waals surface area contributed by atoms with E-state index in [2.05, 4.69) is 14.9 Å². The number of halogens is 1. The zero-order chi connectivity index (χ0) is 23.3. The maximum absolute atomic E-state index is 12.8. The summed E-state index contributed by atoms with van der Waals surface area (Å²) >= 11 is 6.16. The van der Waals surface area contributed by atoms with Crippen LogP contribution in [-0.2, 0) is 14.8 Å². The number of ether oxygens (including phenoxy) is 1. The molecule has 1 unspecified atom stereocenters. The summed E-state index contributed by atoms with van der Waals surface area (Å²) in [5, 5.41) is 2.90. The van der Waals surface area contributed by atoms with Crippen LogP contribution in [0.25, 0.3) is 0 Å². The van der Waals surface area contributed by atoms with Crippen molar-refractivity contribution < 1.29 is 17.9 Å². The van der Waals surface area contributed by atoms with Crippen LogP contribution < -0.4 is 14.9 Å². The first-order valence-electron chi connectivity index (χ1n) is 11.5. The van der Waals surface area contributed by atoms with E-state index in [4.69, 9.17) is 16.3 Å². The normalized spacial score (nSPS) is 19.3. The predicted molar refractivity (Wildman–Crippen MR) is 131 cm³/mol. The second kappa shape index (κ2) is 10.9. The second-order valence-electron chi connectivity index (χ2n) is 8.53. The van der Waals surface area contributed by atoms with Crippen molar-refractivity contribution in [1.29, 1.82) is 0 Å². The van der Waals surface area contributed by atoms with Crippen LogP contribution in [0.1, 0.15) is 48.9 Å². The molecule has 2 aromatic carbocycles. The molecular formula is C24H30ClN3O4S. The highest BCUT2D eigenvalue weighted by atomic mass is 35.5. The molecule has 0 aromatic heterocycles. The highest BCUT2D eigenvalue weighted by Gasteiger charge is 2.23. The monoisotopic (exact) mass is 491 g/mol. The summed E-state index contributed by atoms with van der Waals surface area (Å²) in [6.45, 7) is 2.92. The Hall–Kier alpha value is -2.13. The number of benzene rings is 2. The van der Waals surface area contributed by atoms with Gasteiger partial charge in [-0.15, -0.1) is 0 Å². The van der Waals surface area contributed by atoms with Gasteiger partial charge < -0.3 is 15.0 Å². The number of hydrogen-bond acceptors (Lipinski definition) is 5. The van der Waals surface area contributed by atoms with E-state index in [1.54, 1.807) is 0 Å². The number of amides is 1. The Balaban J connectivity index is 1.42. The molecule has 2 N–H and O–H groups in total. The van der Waals surface area contributed by atoms with Crippen molar-refractivity contribution in [3.63, 3.8) is 0 Å². The third kappa shape index (κ3) is 6.26. The molecule has 2 aliphatic heterocycles. The minimum absolute atomic E-state index is 0.0631. The quantitative estimate of drug-likeness (QED) is 0.598. The van der Waals surface area contributed by atoms with E-state index in [9.17, 15) is 13.2 Å². The topological polar surface area (TPSA) is 87.7 Å². The van der Waals surface area contributed by atoms with E-state index in [0.717, 1.165) is 31.6 Å². The van der Waals surface area contributed by atoms with Gasteiger partial charge in [0.1, 0.15) is 4.90 Å². The summed E-state index contributed by atoms with van der Waals surface area (Å²) in [5.74, 6) is -0.398. The van der Waals surface area contributed by atoms with Gasteiger partial charge >= 0.3 is 0 Å². The number of carbonyl (C=O) groups excluding carboxylic acids is 1. The lowest BCUT2D eigenvalue weighted by atomic mass is 10.2. The summed E-state index contributed by atoms with van der Waals surface area (Å²) in [4.78, 5) is 15.1. The fourth-order valence-corrected chi connectivity index (χ4v) is 5.81. The Labute approximate surface area is 200 Å². The molecule has 178 valence electrons. The molecule has 2 aliphatic rings. The zero-order valence-electron chi connectivity index (χ0n) is 18.6. The van der Waals surface area contributed by atoms with Crippen molar-refractivity contribution in [3.05, 3.63) is 53.1 Å². The first-order valence-corrected chi connectivity index (χ1v) is 13.4. The van der Waals surface area contributed by atoms with Gasteiger partial charge in [0.2, 0.25) is 10.0 Å². The van der Waals surface area contributed by atoms with Crippen molar-refractivity contribution in [2.75, 3.05) is 36.5 Å². The molecule has 0 radical (unpaired) electrons. The SMILES string of the molecule is O=C(Nc1ccc(N2CCCCCC2)cc1)c1ccc(Cl)c(S(=O)(=O)NCC2CCCO2)c1. The first kappa shape index (κ1) is 24.0. The Bertz CT molecular complexity index is 1060. The summed E-state index contributed by atoms with van der Waals surface area (Å²) in [6.07, 6.45) is 6.53. The van der Waals surface area contributed by atoms with Crippen LogP contribution >= 0.6 is 11.6 Å². The molecule has 0 spiro atoms. The number of anilines is 2. The van der Waals surface area contributed by atoms with Crippen molar-refractivity contribution in [1.82, 2.24) is 4.72 Å². The first-order chi connectivity index (χ1) is 15.9. The van der Waals surface area contributed by atoms with Gasteiger partial charge in [-0.25, -0.2) is 13.1 Å². The summed E-state index contributed by atoms with van der Waals surface area (Å²) in [5.41, 5.74) is 2.01. The Morgan fingerprint density at radius 1 is 1.03 bits per heavy atom. The molecule has 4 rings (SSSR count). The lowest BCUT2D eigenvalue weighted by molar-refractivity contribution is 0.102. The summed E-state index contributed by atoms with van der Waals surface area (Å²) < 4.78 is 33.5. The predicted octanol–water partition coefficient (Wildman–Crippen LogP) is 4.43. The van der Waals surface area contributed by atoms with Gasteiger partial charge in [0.25, 0.3) is 5.91 Å². The smallest absolute Gasteiger partial charge is 0.255 e. The minimum Gasteiger partial charge on any atom is -0.377 e. The molecule has 2 heterocycles. The Morgan fingerprint density at radius 2 is 1.76 bits per heavy atom. The van der Waals surface area contributed by atoms with Crippen molar-refractivity contribution in [2.24, 2.45) is 0 Å². The number of rotatable bonds is 7. The Morgan fingerprint density at radius 3 is 2.42 bits per heavy atom. The number of nitrogens with one attached hydrogen (secondary N) is 2. The molecule has 7 nitrogen and oxygen atoms in total. The standard InChI is InChI=1S/C24H30ClN3O4S/c25-22-12-7-18(16-23(22)33(30,31)26-17-21-6-5-15-32-21)24(29)27-19-8-10-20(11-9-19)28-13-3-1-2-4-14-28/h7-12,16,21,26H,1-6,13-15,17H2,(H,27,29). The van der Waals surface area contributed by atoms with Gasteiger partial charge in [-0.05, 0) is 68.1 Å². The molecule has 0 bridgehead atoms. The lowest BCUT2D eigenvalue weighted by Crippen LogP contribution is -2.32. The van der Waals surface area contributed by atoms with Crippen LogP contribution in [0, 0.1) is 0 Å². The molecule has 2 saturated heterocycles. The molecule has 33 heavy (non-hydrogen) atoms.